The fraction of sp³-hybridized carbons (Fsp3) is 0.308. The lowest BCUT2D eigenvalue weighted by Gasteiger charge is -2.08. The largest absolute Gasteiger partial charge is 0.497 e. The monoisotopic (exact) mass is 264 g/mol. The summed E-state index contributed by atoms with van der Waals surface area (Å²) in [6, 6.07) is 5.52. The van der Waals surface area contributed by atoms with Crippen molar-refractivity contribution in [2.24, 2.45) is 0 Å². The van der Waals surface area contributed by atoms with Gasteiger partial charge in [0.05, 0.1) is 13.7 Å². The molecule has 0 saturated carbocycles. The Morgan fingerprint density at radius 1 is 1.33 bits per heavy atom. The van der Waals surface area contributed by atoms with Crippen molar-refractivity contribution in [3.05, 3.63) is 44.0 Å². The molecule has 0 radical (unpaired) electrons. The van der Waals surface area contributed by atoms with Crippen molar-refractivity contribution < 1.29 is 4.74 Å². The third-order valence-corrected chi connectivity index (χ3v) is 3.94. The molecule has 0 bridgehead atoms. The Morgan fingerprint density at radius 3 is 2.61 bits per heavy atom. The number of nitrogen functional groups attached to an aromatic ring is 1. The second-order valence-electron chi connectivity index (χ2n) is 4.21. The highest BCUT2D eigenvalue weighted by Gasteiger charge is 2.08. The van der Waals surface area contributed by atoms with Gasteiger partial charge in [-0.1, -0.05) is 11.3 Å². The lowest BCUT2D eigenvalue weighted by Crippen LogP contribution is -2.15. The van der Waals surface area contributed by atoms with E-state index in [1.165, 1.54) is 11.3 Å². The molecule has 1 aromatic heterocycles. The molecule has 1 aromatic carbocycles. The van der Waals surface area contributed by atoms with E-state index in [1.54, 1.807) is 17.7 Å². The summed E-state index contributed by atoms with van der Waals surface area (Å²) in [4.78, 5) is 12.9. The van der Waals surface area contributed by atoms with Crippen LogP contribution in [0.4, 0.5) is 5.69 Å². The van der Waals surface area contributed by atoms with Gasteiger partial charge in [0.25, 0.3) is 0 Å². The van der Waals surface area contributed by atoms with Crippen LogP contribution in [0.15, 0.2) is 23.0 Å². The number of rotatable bonds is 3. The molecule has 0 amide bonds. The number of anilines is 1. The number of methoxy groups -OCH3 is 1. The number of aromatic nitrogens is 1. The van der Waals surface area contributed by atoms with Crippen LogP contribution in [-0.2, 0) is 6.54 Å². The first-order valence-corrected chi connectivity index (χ1v) is 6.43. The molecule has 0 unspecified atom stereocenters. The quantitative estimate of drug-likeness (QED) is 0.864. The van der Waals surface area contributed by atoms with Crippen LogP contribution in [0.25, 0.3) is 0 Å². The fourth-order valence-electron chi connectivity index (χ4n) is 1.85. The molecule has 0 aliphatic carbocycles. The zero-order valence-corrected chi connectivity index (χ0v) is 11.5. The Hall–Kier alpha value is -1.75. The third kappa shape index (κ3) is 2.41. The maximum absolute atomic E-state index is 11.8. The smallest absolute Gasteiger partial charge is 0.307 e. The zero-order chi connectivity index (χ0) is 13.3. The predicted molar refractivity (Wildman–Crippen MR) is 74.6 cm³/mol. The highest BCUT2D eigenvalue weighted by Crippen LogP contribution is 2.20. The van der Waals surface area contributed by atoms with Gasteiger partial charge in [0.15, 0.2) is 0 Å². The summed E-state index contributed by atoms with van der Waals surface area (Å²) in [7, 11) is 1.60. The van der Waals surface area contributed by atoms with Crippen LogP contribution in [0.1, 0.15) is 16.1 Å². The van der Waals surface area contributed by atoms with Gasteiger partial charge in [0.2, 0.25) is 0 Å². The summed E-state index contributed by atoms with van der Waals surface area (Å²) in [5.41, 5.74) is 8.42. The van der Waals surface area contributed by atoms with E-state index in [0.717, 1.165) is 16.1 Å². The Kier molecular flexibility index (Phi) is 3.43. The summed E-state index contributed by atoms with van der Waals surface area (Å²) in [6.45, 7) is 4.44. The number of ether oxygens (including phenoxy) is 1. The topological polar surface area (TPSA) is 57.2 Å². The van der Waals surface area contributed by atoms with Crippen molar-refractivity contribution >= 4 is 17.0 Å². The summed E-state index contributed by atoms with van der Waals surface area (Å²) in [5, 5.41) is 0. The number of thiazole rings is 1. The van der Waals surface area contributed by atoms with Crippen LogP contribution in [0.3, 0.4) is 0 Å². The molecule has 2 rings (SSSR count). The minimum absolute atomic E-state index is 0.0615. The summed E-state index contributed by atoms with van der Waals surface area (Å²) >= 11 is 1.27. The molecule has 0 fully saturated rings. The number of aryl methyl sites for hydroxylation is 1. The van der Waals surface area contributed by atoms with Crippen LogP contribution < -0.4 is 15.3 Å². The van der Waals surface area contributed by atoms with E-state index < -0.39 is 0 Å². The molecule has 0 saturated heterocycles. The van der Waals surface area contributed by atoms with Crippen molar-refractivity contribution in [1.29, 1.82) is 0 Å². The third-order valence-electron chi connectivity index (χ3n) is 2.94. The molecule has 0 aliphatic heterocycles. The van der Waals surface area contributed by atoms with E-state index in [-0.39, 0.29) is 4.87 Å². The fourth-order valence-corrected chi connectivity index (χ4v) is 2.68. The number of nitrogens with two attached hydrogens (primary N) is 1. The number of nitrogens with zero attached hydrogens (tertiary/aromatic N) is 1. The van der Waals surface area contributed by atoms with Crippen molar-refractivity contribution in [1.82, 2.24) is 4.57 Å². The van der Waals surface area contributed by atoms with Crippen LogP contribution >= 0.6 is 11.3 Å². The maximum Gasteiger partial charge on any atom is 0.307 e. The Morgan fingerprint density at radius 2 is 2.06 bits per heavy atom. The zero-order valence-electron chi connectivity index (χ0n) is 10.7. The van der Waals surface area contributed by atoms with Gasteiger partial charge < -0.3 is 10.5 Å². The minimum atomic E-state index is 0.0615. The van der Waals surface area contributed by atoms with Crippen molar-refractivity contribution in [2.45, 2.75) is 20.4 Å². The average molecular weight is 264 g/mol. The number of hydrogen-bond acceptors (Lipinski definition) is 4. The maximum atomic E-state index is 11.8. The van der Waals surface area contributed by atoms with Crippen LogP contribution in [0.5, 0.6) is 5.75 Å². The molecule has 18 heavy (non-hydrogen) atoms. The second-order valence-corrected chi connectivity index (χ2v) is 5.38. The molecule has 0 aliphatic rings. The molecule has 2 aromatic rings. The Balaban J connectivity index is 2.39. The molecule has 4 nitrogen and oxygen atoms in total. The van der Waals surface area contributed by atoms with Crippen LogP contribution in [-0.4, -0.2) is 11.7 Å². The van der Waals surface area contributed by atoms with Gasteiger partial charge in [-0.2, -0.15) is 0 Å². The average Bonchev–Trinajstić information content (AvgIpc) is 2.55. The van der Waals surface area contributed by atoms with Gasteiger partial charge in [-0.05, 0) is 31.5 Å². The molecular weight excluding hydrogens is 248 g/mol. The molecule has 1 heterocycles. The highest BCUT2D eigenvalue weighted by atomic mass is 32.1. The van der Waals surface area contributed by atoms with Gasteiger partial charge in [0, 0.05) is 22.3 Å². The lowest BCUT2D eigenvalue weighted by molar-refractivity contribution is 0.414. The first-order chi connectivity index (χ1) is 8.51. The minimum Gasteiger partial charge on any atom is -0.497 e. The number of hydrogen-bond donors (Lipinski definition) is 1. The van der Waals surface area contributed by atoms with E-state index in [0.29, 0.717) is 18.0 Å². The van der Waals surface area contributed by atoms with Gasteiger partial charge in [0.1, 0.15) is 5.75 Å². The lowest BCUT2D eigenvalue weighted by atomic mass is 10.2. The van der Waals surface area contributed by atoms with E-state index in [1.807, 2.05) is 26.0 Å². The molecule has 0 atom stereocenters. The van der Waals surface area contributed by atoms with Crippen LogP contribution in [0, 0.1) is 13.8 Å². The van der Waals surface area contributed by atoms with E-state index in [2.05, 4.69) is 0 Å². The van der Waals surface area contributed by atoms with Crippen molar-refractivity contribution in [3.8, 4) is 5.75 Å². The first kappa shape index (κ1) is 12.7. The Labute approximate surface area is 110 Å². The number of benzene rings is 1. The second kappa shape index (κ2) is 4.86. The summed E-state index contributed by atoms with van der Waals surface area (Å²) in [5.74, 6) is 0.711. The van der Waals surface area contributed by atoms with E-state index >= 15 is 0 Å². The molecule has 0 spiro atoms. The first-order valence-electron chi connectivity index (χ1n) is 5.61. The highest BCUT2D eigenvalue weighted by molar-refractivity contribution is 7.09. The van der Waals surface area contributed by atoms with Gasteiger partial charge in [-0.15, -0.1) is 0 Å². The van der Waals surface area contributed by atoms with E-state index in [9.17, 15) is 4.79 Å². The van der Waals surface area contributed by atoms with Gasteiger partial charge >= 0.3 is 4.87 Å². The molecule has 2 N–H and O–H groups in total. The summed E-state index contributed by atoms with van der Waals surface area (Å²) < 4.78 is 6.93. The normalized spacial score (nSPS) is 10.6. The molecule has 5 heteroatoms. The van der Waals surface area contributed by atoms with Crippen LogP contribution in [0.2, 0.25) is 0 Å². The van der Waals surface area contributed by atoms with Gasteiger partial charge in [-0.3, -0.25) is 9.36 Å². The summed E-state index contributed by atoms with van der Waals surface area (Å²) in [6.07, 6.45) is 0. The van der Waals surface area contributed by atoms with Crippen molar-refractivity contribution in [2.75, 3.05) is 12.8 Å². The molecular formula is C13H16N2O2S. The van der Waals surface area contributed by atoms with Gasteiger partial charge in [-0.25, -0.2) is 0 Å². The Bertz CT molecular complexity index is 628. The van der Waals surface area contributed by atoms with E-state index in [4.69, 9.17) is 10.5 Å². The molecule has 96 valence electrons. The standard InChI is InChI=1S/C13H16N2O2S/c1-8-9(2)18-13(16)15(8)7-10-4-11(14)6-12(5-10)17-3/h4-6H,7,14H2,1-3H3. The SMILES string of the molecule is COc1cc(N)cc(Cn2c(C)c(C)sc2=O)c1. The van der Waals surface area contributed by atoms with Crippen molar-refractivity contribution in [3.63, 3.8) is 0 Å². The predicted octanol–water partition coefficient (Wildman–Crippen LogP) is 2.17.